The molecule has 0 spiro atoms. The molecule has 0 aliphatic carbocycles. The molecule has 0 N–H and O–H groups in total. The fourth-order valence-electron chi connectivity index (χ4n) is 2.99. The molecule has 1 unspecified atom stereocenters. The molecule has 1 atom stereocenters. The number of benzene rings is 2. The molecule has 0 saturated heterocycles. The summed E-state index contributed by atoms with van der Waals surface area (Å²) in [6.45, 7) is 2.67. The molecular weight excluding hydrogens is 364 g/mol. The highest BCUT2D eigenvalue weighted by atomic mass is 32.1. The molecule has 3 nitrogen and oxygen atoms in total. The van der Waals surface area contributed by atoms with Gasteiger partial charge in [-0.3, -0.25) is 4.79 Å². The molecule has 0 radical (unpaired) electrons. The first-order chi connectivity index (χ1) is 13.7. The first-order valence-electron chi connectivity index (χ1n) is 9.21. The lowest BCUT2D eigenvalue weighted by Gasteiger charge is -2.28. The average molecular weight is 387 g/mol. The maximum absolute atomic E-state index is 13.0. The summed E-state index contributed by atoms with van der Waals surface area (Å²) in [6, 6.07) is 23.6. The molecule has 0 saturated carbocycles. The fraction of sp³-hybridized carbons (Fsp3) is 0.167. The average Bonchev–Trinajstić information content (AvgIpc) is 3.24. The van der Waals surface area contributed by atoms with Crippen molar-refractivity contribution in [1.82, 2.24) is 4.90 Å². The van der Waals surface area contributed by atoms with E-state index in [1.54, 1.807) is 35.6 Å². The van der Waals surface area contributed by atoms with Gasteiger partial charge < -0.3 is 4.90 Å². The van der Waals surface area contributed by atoms with Gasteiger partial charge in [0, 0.05) is 30.0 Å². The van der Waals surface area contributed by atoms with Crippen LogP contribution in [0, 0.1) is 11.3 Å². The zero-order valence-corrected chi connectivity index (χ0v) is 16.6. The summed E-state index contributed by atoms with van der Waals surface area (Å²) in [7, 11) is 0. The Bertz CT molecular complexity index is 954. The molecular formula is C24H22N2OS. The number of carbonyl (C=O) groups is 1. The molecule has 140 valence electrons. The second-order valence-corrected chi connectivity index (χ2v) is 7.68. The molecule has 28 heavy (non-hydrogen) atoms. The molecule has 3 aromatic rings. The first kappa shape index (κ1) is 19.6. The van der Waals surface area contributed by atoms with E-state index in [0.29, 0.717) is 12.1 Å². The molecule has 0 bridgehead atoms. The minimum atomic E-state index is -0.0164. The zero-order chi connectivity index (χ0) is 19.8. The Morgan fingerprint density at radius 1 is 1.11 bits per heavy atom. The van der Waals surface area contributed by atoms with E-state index in [1.807, 2.05) is 53.4 Å². The fourth-order valence-corrected chi connectivity index (χ4v) is 3.82. The molecule has 3 rings (SSSR count). The monoisotopic (exact) mass is 386 g/mol. The summed E-state index contributed by atoms with van der Waals surface area (Å²) in [6.07, 6.45) is 4.26. The Morgan fingerprint density at radius 2 is 1.86 bits per heavy atom. The van der Waals surface area contributed by atoms with E-state index in [4.69, 9.17) is 5.26 Å². The number of hydrogen-bond donors (Lipinski definition) is 0. The molecule has 4 heteroatoms. The van der Waals surface area contributed by atoms with Crippen molar-refractivity contribution in [2.45, 2.75) is 25.9 Å². The van der Waals surface area contributed by atoms with Crippen LogP contribution in [0.1, 0.15) is 28.5 Å². The highest BCUT2D eigenvalue weighted by Gasteiger charge is 2.19. The van der Waals surface area contributed by atoms with Crippen LogP contribution in [0.4, 0.5) is 0 Å². The second kappa shape index (κ2) is 9.68. The third-order valence-corrected chi connectivity index (χ3v) is 5.44. The van der Waals surface area contributed by atoms with Crippen LogP contribution in [0.3, 0.4) is 0 Å². The number of nitrogens with zero attached hydrogens (tertiary/aromatic N) is 2. The lowest BCUT2D eigenvalue weighted by molar-refractivity contribution is -0.128. The summed E-state index contributed by atoms with van der Waals surface area (Å²) in [5.74, 6) is -0.0164. The molecule has 0 fully saturated rings. The number of rotatable bonds is 7. The predicted molar refractivity (Wildman–Crippen MR) is 115 cm³/mol. The molecule has 1 aromatic heterocycles. The van der Waals surface area contributed by atoms with Gasteiger partial charge >= 0.3 is 0 Å². The minimum Gasteiger partial charge on any atom is -0.332 e. The van der Waals surface area contributed by atoms with E-state index in [-0.39, 0.29) is 11.9 Å². The standard InChI is InChI=1S/C24H22N2OS/c1-19(16-23-8-5-15-28-23)26(18-22-6-3-2-4-7-22)24(27)14-13-20-9-11-21(17-25)12-10-20/h2-15,19H,16,18H2,1H3. The normalized spacial score (nSPS) is 11.9. The van der Waals surface area contributed by atoms with E-state index in [2.05, 4.69) is 24.4 Å². The third kappa shape index (κ3) is 5.42. The highest BCUT2D eigenvalue weighted by Crippen LogP contribution is 2.17. The van der Waals surface area contributed by atoms with E-state index in [1.165, 1.54) is 4.88 Å². The van der Waals surface area contributed by atoms with Crippen molar-refractivity contribution in [3.8, 4) is 6.07 Å². The number of hydrogen-bond acceptors (Lipinski definition) is 3. The quantitative estimate of drug-likeness (QED) is 0.518. The van der Waals surface area contributed by atoms with Gasteiger partial charge in [-0.1, -0.05) is 48.5 Å². The zero-order valence-electron chi connectivity index (χ0n) is 15.8. The Labute approximate surface area is 170 Å². The number of carbonyl (C=O) groups excluding carboxylic acids is 1. The number of thiophene rings is 1. The van der Waals surface area contributed by atoms with Crippen LogP contribution in [-0.2, 0) is 17.8 Å². The summed E-state index contributed by atoms with van der Waals surface area (Å²) >= 11 is 1.72. The van der Waals surface area contributed by atoms with E-state index < -0.39 is 0 Å². The molecule has 1 heterocycles. The van der Waals surface area contributed by atoms with Gasteiger partial charge in [0.15, 0.2) is 0 Å². The van der Waals surface area contributed by atoms with Crippen LogP contribution in [-0.4, -0.2) is 16.8 Å². The summed E-state index contributed by atoms with van der Waals surface area (Å²) < 4.78 is 0. The molecule has 1 amide bonds. The number of amides is 1. The van der Waals surface area contributed by atoms with Gasteiger partial charge in [-0.15, -0.1) is 11.3 Å². The van der Waals surface area contributed by atoms with Crippen molar-refractivity contribution in [2.75, 3.05) is 0 Å². The highest BCUT2D eigenvalue weighted by molar-refractivity contribution is 7.09. The van der Waals surface area contributed by atoms with E-state index in [0.717, 1.165) is 17.5 Å². The topological polar surface area (TPSA) is 44.1 Å². The predicted octanol–water partition coefficient (Wildman–Crippen LogP) is 5.29. The lowest BCUT2D eigenvalue weighted by atomic mass is 10.1. The maximum atomic E-state index is 13.0. The lowest BCUT2D eigenvalue weighted by Crippen LogP contribution is -2.38. The Hall–Kier alpha value is -3.16. The van der Waals surface area contributed by atoms with Crippen LogP contribution in [0.15, 0.2) is 78.2 Å². The molecule has 0 aliphatic rings. The van der Waals surface area contributed by atoms with Crippen molar-refractivity contribution in [2.24, 2.45) is 0 Å². The van der Waals surface area contributed by atoms with Gasteiger partial charge in [-0.05, 0) is 47.7 Å². The summed E-state index contributed by atoms with van der Waals surface area (Å²) in [5.41, 5.74) is 2.62. The molecule has 0 aliphatic heterocycles. The SMILES string of the molecule is CC(Cc1cccs1)N(Cc1ccccc1)C(=O)C=Cc1ccc(C#N)cc1. The Balaban J connectivity index is 1.76. The number of nitriles is 1. The van der Waals surface area contributed by atoms with Crippen molar-refractivity contribution < 1.29 is 4.79 Å². The summed E-state index contributed by atoms with van der Waals surface area (Å²) in [4.78, 5) is 16.2. The van der Waals surface area contributed by atoms with Gasteiger partial charge in [-0.25, -0.2) is 0 Å². The van der Waals surface area contributed by atoms with E-state index in [9.17, 15) is 4.79 Å². The van der Waals surface area contributed by atoms with Gasteiger partial charge in [0.05, 0.1) is 11.6 Å². The van der Waals surface area contributed by atoms with Gasteiger partial charge in [0.1, 0.15) is 0 Å². The maximum Gasteiger partial charge on any atom is 0.247 e. The van der Waals surface area contributed by atoms with Crippen LogP contribution in [0.25, 0.3) is 6.08 Å². The van der Waals surface area contributed by atoms with Crippen molar-refractivity contribution in [3.05, 3.63) is 99.8 Å². The third-order valence-electron chi connectivity index (χ3n) is 4.55. The van der Waals surface area contributed by atoms with Gasteiger partial charge in [-0.2, -0.15) is 5.26 Å². The molecule has 2 aromatic carbocycles. The van der Waals surface area contributed by atoms with Gasteiger partial charge in [0.25, 0.3) is 0 Å². The Morgan fingerprint density at radius 3 is 2.50 bits per heavy atom. The van der Waals surface area contributed by atoms with Crippen LogP contribution in [0.5, 0.6) is 0 Å². The van der Waals surface area contributed by atoms with Crippen molar-refractivity contribution in [1.29, 1.82) is 5.26 Å². The van der Waals surface area contributed by atoms with Crippen LogP contribution in [0.2, 0.25) is 0 Å². The van der Waals surface area contributed by atoms with Crippen molar-refractivity contribution >= 4 is 23.3 Å². The van der Waals surface area contributed by atoms with Crippen LogP contribution < -0.4 is 0 Å². The Kier molecular flexibility index (Phi) is 6.78. The van der Waals surface area contributed by atoms with E-state index >= 15 is 0 Å². The second-order valence-electron chi connectivity index (χ2n) is 6.65. The van der Waals surface area contributed by atoms with Gasteiger partial charge in [0.2, 0.25) is 5.91 Å². The van der Waals surface area contributed by atoms with Crippen molar-refractivity contribution in [3.63, 3.8) is 0 Å². The summed E-state index contributed by atoms with van der Waals surface area (Å²) in [5, 5.41) is 11.0. The largest absolute Gasteiger partial charge is 0.332 e. The minimum absolute atomic E-state index is 0.0164. The smallest absolute Gasteiger partial charge is 0.247 e. The van der Waals surface area contributed by atoms with Crippen LogP contribution >= 0.6 is 11.3 Å². The first-order valence-corrected chi connectivity index (χ1v) is 10.1.